The van der Waals surface area contributed by atoms with E-state index in [0.717, 1.165) is 18.9 Å². The van der Waals surface area contributed by atoms with Crippen molar-refractivity contribution in [2.24, 2.45) is 0 Å². The first kappa shape index (κ1) is 9.97. The zero-order chi connectivity index (χ0) is 11.1. The molecule has 0 aliphatic heterocycles. The van der Waals surface area contributed by atoms with Crippen LogP contribution in [0.1, 0.15) is 35.7 Å². The molecule has 2 nitrogen and oxygen atoms in total. The first-order valence-electron chi connectivity index (χ1n) is 4.50. The van der Waals surface area contributed by atoms with Crippen LogP contribution in [0.2, 0.25) is 0 Å². The largest absolute Gasteiger partial charge is 0.433 e. The number of hydrogen-bond acceptors (Lipinski definition) is 2. The van der Waals surface area contributed by atoms with E-state index in [1.165, 1.54) is 6.07 Å². The molecule has 0 aromatic carbocycles. The van der Waals surface area contributed by atoms with Crippen LogP contribution in [0.4, 0.5) is 13.2 Å². The molecule has 2 rings (SSSR count). The second-order valence-corrected chi connectivity index (χ2v) is 3.55. The summed E-state index contributed by atoms with van der Waals surface area (Å²) < 4.78 is 37.2. The van der Waals surface area contributed by atoms with Gasteiger partial charge in [-0.3, -0.25) is 0 Å². The van der Waals surface area contributed by atoms with Crippen LogP contribution >= 0.6 is 0 Å². The highest BCUT2D eigenvalue weighted by atomic mass is 19.4. The van der Waals surface area contributed by atoms with Gasteiger partial charge in [-0.1, -0.05) is 0 Å². The molecule has 0 N–H and O–H groups in total. The Morgan fingerprint density at radius 2 is 2.00 bits per heavy atom. The predicted molar refractivity (Wildman–Crippen MR) is 45.9 cm³/mol. The molecule has 0 atom stereocenters. The zero-order valence-electron chi connectivity index (χ0n) is 7.67. The van der Waals surface area contributed by atoms with E-state index in [0.29, 0.717) is 5.69 Å². The number of rotatable bonds is 1. The van der Waals surface area contributed by atoms with Gasteiger partial charge in [0.2, 0.25) is 0 Å². The molecule has 1 fully saturated rings. The SMILES string of the molecule is N#Cc1cc(C2CC2)nc(C(F)(F)F)c1. The van der Waals surface area contributed by atoms with Crippen LogP contribution in [0.15, 0.2) is 12.1 Å². The van der Waals surface area contributed by atoms with Crippen LogP contribution in [-0.2, 0) is 6.18 Å². The molecule has 0 spiro atoms. The van der Waals surface area contributed by atoms with Gasteiger partial charge in [-0.05, 0) is 25.0 Å². The van der Waals surface area contributed by atoms with Crippen LogP contribution in [0.3, 0.4) is 0 Å². The Balaban J connectivity index is 2.47. The summed E-state index contributed by atoms with van der Waals surface area (Å²) in [5, 5.41) is 8.61. The quantitative estimate of drug-likeness (QED) is 0.717. The third-order valence-corrected chi connectivity index (χ3v) is 2.26. The number of hydrogen-bond donors (Lipinski definition) is 0. The van der Waals surface area contributed by atoms with Crippen molar-refractivity contribution in [2.75, 3.05) is 0 Å². The fraction of sp³-hybridized carbons (Fsp3) is 0.400. The van der Waals surface area contributed by atoms with Gasteiger partial charge in [0.05, 0.1) is 11.6 Å². The summed E-state index contributed by atoms with van der Waals surface area (Å²) in [6, 6.07) is 3.94. The normalized spacial score (nSPS) is 16.1. The molecule has 0 saturated heterocycles. The molecule has 0 amide bonds. The average Bonchev–Trinajstić information content (AvgIpc) is 2.99. The van der Waals surface area contributed by atoms with Gasteiger partial charge in [-0.2, -0.15) is 18.4 Å². The molecule has 1 aromatic heterocycles. The van der Waals surface area contributed by atoms with Gasteiger partial charge in [0.1, 0.15) is 5.69 Å². The standard InChI is InChI=1S/C10H7F3N2/c11-10(12,13)9-4-6(5-14)3-8(15-9)7-1-2-7/h3-4,7H,1-2H2. The summed E-state index contributed by atoms with van der Waals surface area (Å²) in [5.41, 5.74) is -0.552. The lowest BCUT2D eigenvalue weighted by Crippen LogP contribution is -2.09. The van der Waals surface area contributed by atoms with Gasteiger partial charge in [-0.25, -0.2) is 4.98 Å². The summed E-state index contributed by atoms with van der Waals surface area (Å²) >= 11 is 0. The monoisotopic (exact) mass is 212 g/mol. The Morgan fingerprint density at radius 1 is 1.33 bits per heavy atom. The summed E-state index contributed by atoms with van der Waals surface area (Å²) in [4.78, 5) is 3.54. The maximum atomic E-state index is 12.4. The zero-order valence-corrected chi connectivity index (χ0v) is 7.67. The summed E-state index contributed by atoms with van der Waals surface area (Å²) in [5.74, 6) is 0.111. The fourth-order valence-corrected chi connectivity index (χ4v) is 1.35. The minimum atomic E-state index is -4.48. The molecule has 1 aliphatic rings. The lowest BCUT2D eigenvalue weighted by molar-refractivity contribution is -0.141. The first-order valence-corrected chi connectivity index (χ1v) is 4.50. The lowest BCUT2D eigenvalue weighted by atomic mass is 10.1. The topological polar surface area (TPSA) is 36.7 Å². The van der Waals surface area contributed by atoms with Gasteiger partial charge < -0.3 is 0 Å². The molecule has 5 heteroatoms. The minimum absolute atomic E-state index is 0.0271. The molecular formula is C10H7F3N2. The van der Waals surface area contributed by atoms with Crippen molar-refractivity contribution in [3.63, 3.8) is 0 Å². The van der Waals surface area contributed by atoms with Crippen molar-refractivity contribution >= 4 is 0 Å². The van der Waals surface area contributed by atoms with E-state index in [4.69, 9.17) is 5.26 Å². The summed E-state index contributed by atoms with van der Waals surface area (Å²) in [6.07, 6.45) is -2.76. The second-order valence-electron chi connectivity index (χ2n) is 3.55. The van der Waals surface area contributed by atoms with E-state index < -0.39 is 11.9 Å². The van der Waals surface area contributed by atoms with Crippen LogP contribution in [-0.4, -0.2) is 4.98 Å². The van der Waals surface area contributed by atoms with E-state index in [1.54, 1.807) is 6.07 Å². The minimum Gasteiger partial charge on any atom is -0.248 e. The van der Waals surface area contributed by atoms with Gasteiger partial charge in [0, 0.05) is 11.6 Å². The number of aromatic nitrogens is 1. The van der Waals surface area contributed by atoms with Crippen molar-refractivity contribution in [2.45, 2.75) is 24.9 Å². The van der Waals surface area contributed by atoms with Crippen LogP contribution in [0.5, 0.6) is 0 Å². The highest BCUT2D eigenvalue weighted by molar-refractivity contribution is 5.35. The summed E-state index contributed by atoms with van der Waals surface area (Å²) in [6.45, 7) is 0. The predicted octanol–water partition coefficient (Wildman–Crippen LogP) is 2.85. The van der Waals surface area contributed by atoms with Crippen molar-refractivity contribution in [1.29, 1.82) is 5.26 Å². The maximum absolute atomic E-state index is 12.4. The third kappa shape index (κ3) is 2.09. The number of alkyl halides is 3. The van der Waals surface area contributed by atoms with Crippen LogP contribution < -0.4 is 0 Å². The molecular weight excluding hydrogens is 205 g/mol. The highest BCUT2D eigenvalue weighted by Crippen LogP contribution is 2.40. The third-order valence-electron chi connectivity index (χ3n) is 2.26. The van der Waals surface area contributed by atoms with E-state index in [9.17, 15) is 13.2 Å². The van der Waals surface area contributed by atoms with E-state index >= 15 is 0 Å². The van der Waals surface area contributed by atoms with Gasteiger partial charge >= 0.3 is 6.18 Å². The van der Waals surface area contributed by atoms with E-state index in [-0.39, 0.29) is 11.5 Å². The number of nitrogens with zero attached hydrogens (tertiary/aromatic N) is 2. The Morgan fingerprint density at radius 3 is 2.47 bits per heavy atom. The van der Waals surface area contributed by atoms with Crippen LogP contribution in [0.25, 0.3) is 0 Å². The molecule has 1 saturated carbocycles. The number of pyridine rings is 1. The van der Waals surface area contributed by atoms with Gasteiger partial charge in [0.25, 0.3) is 0 Å². The van der Waals surface area contributed by atoms with Gasteiger partial charge in [0.15, 0.2) is 0 Å². The van der Waals surface area contributed by atoms with Crippen molar-refractivity contribution in [1.82, 2.24) is 4.98 Å². The molecule has 1 heterocycles. The van der Waals surface area contributed by atoms with Crippen molar-refractivity contribution in [3.05, 3.63) is 29.1 Å². The van der Waals surface area contributed by atoms with E-state index in [1.807, 2.05) is 0 Å². The van der Waals surface area contributed by atoms with Gasteiger partial charge in [-0.15, -0.1) is 0 Å². The second kappa shape index (κ2) is 3.23. The Kier molecular flexibility index (Phi) is 2.14. The number of halogens is 3. The molecule has 1 aromatic rings. The molecule has 0 radical (unpaired) electrons. The molecule has 1 aliphatic carbocycles. The molecule has 0 unspecified atom stereocenters. The number of nitriles is 1. The Labute approximate surface area is 84.4 Å². The molecule has 15 heavy (non-hydrogen) atoms. The average molecular weight is 212 g/mol. The Hall–Kier alpha value is -1.57. The van der Waals surface area contributed by atoms with Crippen molar-refractivity contribution < 1.29 is 13.2 Å². The Bertz CT molecular complexity index is 427. The summed E-state index contributed by atoms with van der Waals surface area (Å²) in [7, 11) is 0. The van der Waals surface area contributed by atoms with Crippen LogP contribution in [0, 0.1) is 11.3 Å². The first-order chi connectivity index (χ1) is 7.00. The lowest BCUT2D eigenvalue weighted by Gasteiger charge is -2.07. The smallest absolute Gasteiger partial charge is 0.248 e. The molecule has 78 valence electrons. The fourth-order valence-electron chi connectivity index (χ4n) is 1.35. The maximum Gasteiger partial charge on any atom is 0.433 e. The highest BCUT2D eigenvalue weighted by Gasteiger charge is 2.35. The van der Waals surface area contributed by atoms with Crippen molar-refractivity contribution in [3.8, 4) is 6.07 Å². The molecule has 0 bridgehead atoms. The van der Waals surface area contributed by atoms with E-state index in [2.05, 4.69) is 4.98 Å².